The summed E-state index contributed by atoms with van der Waals surface area (Å²) in [4.78, 5) is 31.7. The van der Waals surface area contributed by atoms with Crippen LogP contribution in [0.5, 0.6) is 0 Å². The number of carbonyl (C=O) groups excluding carboxylic acids is 2. The fourth-order valence-electron chi connectivity index (χ4n) is 2.19. The molecule has 2 aromatic heterocycles. The van der Waals surface area contributed by atoms with Crippen LogP contribution in [0.25, 0.3) is 10.9 Å². The molecule has 2 heterocycles. The van der Waals surface area contributed by atoms with Gasteiger partial charge in [-0.2, -0.15) is 0 Å². The van der Waals surface area contributed by atoms with Crippen molar-refractivity contribution in [2.24, 2.45) is 0 Å². The third-order valence-corrected chi connectivity index (χ3v) is 4.03. The molecule has 3 aromatic rings. The van der Waals surface area contributed by atoms with Crippen molar-refractivity contribution in [3.05, 3.63) is 52.1 Å². The van der Waals surface area contributed by atoms with Gasteiger partial charge in [0.1, 0.15) is 5.69 Å². The molecule has 3 rings (SSSR count). The lowest BCUT2D eigenvalue weighted by Gasteiger charge is -2.05. The summed E-state index contributed by atoms with van der Waals surface area (Å²) in [6.07, 6.45) is 1.68. The molecule has 0 bridgehead atoms. The minimum Gasteiger partial charge on any atom is -0.360 e. The smallest absolute Gasteiger partial charge is 0.270 e. The third kappa shape index (κ3) is 2.65. The highest BCUT2D eigenvalue weighted by Crippen LogP contribution is 2.22. The average Bonchev–Trinajstić information content (AvgIpc) is 3.13. The quantitative estimate of drug-likeness (QED) is 0.727. The first kappa shape index (κ1) is 14.5. The van der Waals surface area contributed by atoms with Crippen molar-refractivity contribution >= 4 is 33.9 Å². The first-order valence-electron chi connectivity index (χ1n) is 6.93. The molecule has 0 spiro atoms. The Balaban J connectivity index is 1.90. The number of para-hydroxylation sites is 1. The van der Waals surface area contributed by atoms with Crippen molar-refractivity contribution in [2.45, 2.75) is 19.9 Å². The highest BCUT2D eigenvalue weighted by molar-refractivity contribution is 7.12. The number of amides is 1. The summed E-state index contributed by atoms with van der Waals surface area (Å²) in [6.45, 7) is 3.75. The molecule has 0 aliphatic carbocycles. The van der Waals surface area contributed by atoms with Crippen LogP contribution in [0.2, 0.25) is 0 Å². The Labute approximate surface area is 131 Å². The molecule has 112 valence electrons. The Kier molecular flexibility index (Phi) is 3.77. The highest BCUT2D eigenvalue weighted by Gasteiger charge is 2.19. The number of hydrogen-bond acceptors (Lipinski definition) is 4. The van der Waals surface area contributed by atoms with Crippen LogP contribution in [0.4, 0.5) is 0 Å². The number of aromatic nitrogens is 2. The summed E-state index contributed by atoms with van der Waals surface area (Å²) in [7, 11) is 0. The number of aromatic amines is 1. The predicted octanol–water partition coefficient (Wildman–Crippen LogP) is 2.99. The SMILES string of the molecule is CC(C)NC(=O)c1csc(C(=O)c2c[nH]c3ccccc23)n1. The van der Waals surface area contributed by atoms with Crippen LogP contribution in [0, 0.1) is 0 Å². The molecule has 2 N–H and O–H groups in total. The zero-order valence-electron chi connectivity index (χ0n) is 12.2. The molecule has 0 fully saturated rings. The van der Waals surface area contributed by atoms with Crippen LogP contribution < -0.4 is 5.32 Å². The van der Waals surface area contributed by atoms with E-state index in [-0.39, 0.29) is 23.4 Å². The van der Waals surface area contributed by atoms with E-state index in [0.29, 0.717) is 10.6 Å². The first-order chi connectivity index (χ1) is 10.6. The van der Waals surface area contributed by atoms with Crippen LogP contribution in [-0.4, -0.2) is 27.7 Å². The lowest BCUT2D eigenvalue weighted by molar-refractivity contribution is 0.0938. The molecule has 0 aliphatic heterocycles. The number of H-pyrrole nitrogens is 1. The second-order valence-electron chi connectivity index (χ2n) is 5.24. The number of carbonyl (C=O) groups is 2. The topological polar surface area (TPSA) is 74.8 Å². The van der Waals surface area contributed by atoms with Crippen molar-refractivity contribution in [3.63, 3.8) is 0 Å². The van der Waals surface area contributed by atoms with E-state index in [1.807, 2.05) is 38.1 Å². The van der Waals surface area contributed by atoms with Gasteiger partial charge in [-0.05, 0) is 19.9 Å². The minimum atomic E-state index is -0.260. The van der Waals surface area contributed by atoms with Crippen molar-refractivity contribution in [1.29, 1.82) is 0 Å². The van der Waals surface area contributed by atoms with Gasteiger partial charge in [0.25, 0.3) is 5.91 Å². The maximum absolute atomic E-state index is 12.6. The molecule has 0 radical (unpaired) electrons. The molecule has 22 heavy (non-hydrogen) atoms. The predicted molar refractivity (Wildman–Crippen MR) is 86.4 cm³/mol. The average molecular weight is 313 g/mol. The molecule has 0 unspecified atom stereocenters. The molecule has 0 saturated carbocycles. The van der Waals surface area contributed by atoms with Crippen LogP contribution in [0.1, 0.15) is 39.7 Å². The number of benzene rings is 1. The number of fused-ring (bicyclic) bond motifs is 1. The normalized spacial score (nSPS) is 11.0. The van der Waals surface area contributed by atoms with Gasteiger partial charge in [-0.3, -0.25) is 9.59 Å². The fourth-order valence-corrected chi connectivity index (χ4v) is 2.94. The highest BCUT2D eigenvalue weighted by atomic mass is 32.1. The van der Waals surface area contributed by atoms with Crippen LogP contribution in [0.3, 0.4) is 0 Å². The summed E-state index contributed by atoms with van der Waals surface area (Å²) >= 11 is 1.18. The van der Waals surface area contributed by atoms with Crippen molar-refractivity contribution in [1.82, 2.24) is 15.3 Å². The molecule has 1 aromatic carbocycles. The molecule has 6 heteroatoms. The molecule has 0 aliphatic rings. The largest absolute Gasteiger partial charge is 0.360 e. The summed E-state index contributed by atoms with van der Waals surface area (Å²) in [5.74, 6) is -0.435. The standard InChI is InChI=1S/C16H15N3O2S/c1-9(2)18-15(21)13-8-22-16(19-13)14(20)11-7-17-12-6-4-3-5-10(11)12/h3-9,17H,1-2H3,(H,18,21). The van der Waals surface area contributed by atoms with Crippen molar-refractivity contribution in [3.8, 4) is 0 Å². The number of ketones is 1. The summed E-state index contributed by atoms with van der Waals surface area (Å²) in [5, 5.41) is 5.55. The van der Waals surface area contributed by atoms with E-state index in [9.17, 15) is 9.59 Å². The van der Waals surface area contributed by atoms with Crippen molar-refractivity contribution in [2.75, 3.05) is 0 Å². The lowest BCUT2D eigenvalue weighted by Crippen LogP contribution is -2.30. The van der Waals surface area contributed by atoms with Gasteiger partial charge >= 0.3 is 0 Å². The van der Waals surface area contributed by atoms with E-state index in [1.54, 1.807) is 11.6 Å². The molecule has 0 atom stereocenters. The monoisotopic (exact) mass is 313 g/mol. The van der Waals surface area contributed by atoms with Gasteiger partial charge in [-0.25, -0.2) is 4.98 Å². The molecular formula is C16H15N3O2S. The Bertz CT molecular complexity index is 848. The van der Waals surface area contributed by atoms with Crippen LogP contribution >= 0.6 is 11.3 Å². The Morgan fingerprint density at radius 1 is 1.27 bits per heavy atom. The van der Waals surface area contributed by atoms with Gasteiger partial charge in [0.15, 0.2) is 5.01 Å². The van der Waals surface area contributed by atoms with Crippen molar-refractivity contribution < 1.29 is 9.59 Å². The second kappa shape index (κ2) is 5.73. The third-order valence-electron chi connectivity index (χ3n) is 3.18. The molecular weight excluding hydrogens is 298 g/mol. The van der Waals surface area contributed by atoms with E-state index >= 15 is 0 Å². The maximum Gasteiger partial charge on any atom is 0.270 e. The van der Waals surface area contributed by atoms with Gasteiger partial charge in [0, 0.05) is 28.5 Å². The van der Waals surface area contributed by atoms with Gasteiger partial charge < -0.3 is 10.3 Å². The van der Waals surface area contributed by atoms with Gasteiger partial charge in [0.2, 0.25) is 5.78 Å². The van der Waals surface area contributed by atoms with Gasteiger partial charge in [-0.15, -0.1) is 11.3 Å². The second-order valence-corrected chi connectivity index (χ2v) is 6.10. The molecule has 1 amide bonds. The number of rotatable bonds is 4. The number of nitrogens with one attached hydrogen (secondary N) is 2. The maximum atomic E-state index is 12.6. The Morgan fingerprint density at radius 2 is 2.05 bits per heavy atom. The zero-order valence-corrected chi connectivity index (χ0v) is 13.0. The first-order valence-corrected chi connectivity index (χ1v) is 7.81. The van der Waals surface area contributed by atoms with Crippen LogP contribution in [-0.2, 0) is 0 Å². The number of thiazole rings is 1. The fraction of sp³-hybridized carbons (Fsp3) is 0.188. The number of nitrogens with zero attached hydrogens (tertiary/aromatic N) is 1. The van der Waals surface area contributed by atoms with Gasteiger partial charge in [0.05, 0.1) is 5.56 Å². The van der Waals surface area contributed by atoms with E-state index in [2.05, 4.69) is 15.3 Å². The molecule has 5 nitrogen and oxygen atoms in total. The van der Waals surface area contributed by atoms with Gasteiger partial charge in [-0.1, -0.05) is 18.2 Å². The summed E-state index contributed by atoms with van der Waals surface area (Å²) in [5.41, 5.74) is 1.75. The van der Waals surface area contributed by atoms with E-state index in [0.717, 1.165) is 10.9 Å². The minimum absolute atomic E-state index is 0.0296. The lowest BCUT2D eigenvalue weighted by atomic mass is 10.1. The zero-order chi connectivity index (χ0) is 15.7. The van der Waals surface area contributed by atoms with E-state index in [4.69, 9.17) is 0 Å². The van der Waals surface area contributed by atoms with E-state index < -0.39 is 0 Å². The Hall–Kier alpha value is -2.47. The summed E-state index contributed by atoms with van der Waals surface area (Å²) in [6, 6.07) is 7.62. The number of hydrogen-bond donors (Lipinski definition) is 2. The van der Waals surface area contributed by atoms with E-state index in [1.165, 1.54) is 11.3 Å². The molecule has 0 saturated heterocycles. The van der Waals surface area contributed by atoms with Crippen LogP contribution in [0.15, 0.2) is 35.8 Å². The summed E-state index contributed by atoms with van der Waals surface area (Å²) < 4.78 is 0. The Morgan fingerprint density at radius 3 is 2.82 bits per heavy atom.